The fourth-order valence-electron chi connectivity index (χ4n) is 4.55. The Morgan fingerprint density at radius 3 is 2.34 bits per heavy atom. The van der Waals surface area contributed by atoms with Crippen LogP contribution in [0.15, 0.2) is 28.7 Å². The van der Waals surface area contributed by atoms with Crippen LogP contribution in [0, 0.1) is 0 Å². The molecule has 1 unspecified atom stereocenters. The molecule has 176 valence electrons. The van der Waals surface area contributed by atoms with Gasteiger partial charge >= 0.3 is 12.1 Å². The number of carboxylic acid groups (broad SMARTS) is 1. The summed E-state index contributed by atoms with van der Waals surface area (Å²) in [5.74, 6) is -1.68. The van der Waals surface area contributed by atoms with Gasteiger partial charge in [-0.05, 0) is 57.8 Å². The van der Waals surface area contributed by atoms with E-state index < -0.39 is 12.1 Å². The van der Waals surface area contributed by atoms with Crippen molar-refractivity contribution in [2.24, 2.45) is 0 Å². The first-order valence-corrected chi connectivity index (χ1v) is 10.4. The van der Waals surface area contributed by atoms with Crippen LogP contribution in [-0.4, -0.2) is 72.3 Å². The number of para-hydroxylation sites is 1. The highest BCUT2D eigenvalue weighted by Crippen LogP contribution is 2.37. The van der Waals surface area contributed by atoms with Crippen LogP contribution in [0.25, 0.3) is 11.0 Å². The molecule has 0 bridgehead atoms. The Balaban J connectivity index is 0.000000360. The van der Waals surface area contributed by atoms with Crippen molar-refractivity contribution in [3.05, 3.63) is 30.0 Å². The molecule has 1 atom stereocenters. The number of aliphatic carboxylic acids is 1. The van der Waals surface area contributed by atoms with E-state index in [1.165, 1.54) is 25.8 Å². The highest BCUT2D eigenvalue weighted by molar-refractivity contribution is 5.97. The van der Waals surface area contributed by atoms with E-state index in [4.69, 9.17) is 19.1 Å². The third kappa shape index (κ3) is 5.01. The number of halogens is 3. The summed E-state index contributed by atoms with van der Waals surface area (Å²) in [5.41, 5.74) is 0.946. The Morgan fingerprint density at radius 1 is 1.12 bits per heavy atom. The zero-order valence-electron chi connectivity index (χ0n) is 18.1. The third-order valence-electron chi connectivity index (χ3n) is 6.33. The summed E-state index contributed by atoms with van der Waals surface area (Å²) < 4.78 is 42.9. The number of hydrogen-bond acceptors (Lipinski definition) is 5. The van der Waals surface area contributed by atoms with Crippen LogP contribution in [0.3, 0.4) is 0 Å². The lowest BCUT2D eigenvalue weighted by Gasteiger charge is -2.35. The van der Waals surface area contributed by atoms with Crippen molar-refractivity contribution < 1.29 is 37.0 Å². The number of alkyl halides is 3. The van der Waals surface area contributed by atoms with Gasteiger partial charge in [0.15, 0.2) is 17.1 Å². The number of methoxy groups -OCH3 is 1. The van der Waals surface area contributed by atoms with Gasteiger partial charge in [0.05, 0.1) is 7.11 Å². The number of ether oxygens (including phenoxy) is 1. The predicted molar refractivity (Wildman–Crippen MR) is 111 cm³/mol. The normalized spacial score (nSPS) is 21.8. The molecule has 2 aliphatic rings. The fourth-order valence-corrected chi connectivity index (χ4v) is 4.55. The summed E-state index contributed by atoms with van der Waals surface area (Å²) in [7, 11) is 3.85. The average molecular weight is 456 g/mol. The number of fused-ring (bicyclic) bond motifs is 1. The highest BCUT2D eigenvalue weighted by atomic mass is 19.4. The van der Waals surface area contributed by atoms with Crippen LogP contribution < -0.4 is 4.74 Å². The van der Waals surface area contributed by atoms with Gasteiger partial charge in [0.1, 0.15) is 0 Å². The molecule has 2 aliphatic heterocycles. The molecular formula is C22H27F3N2O5. The summed E-state index contributed by atoms with van der Waals surface area (Å²) in [4.78, 5) is 26.4. The monoisotopic (exact) mass is 456 g/mol. The Morgan fingerprint density at radius 2 is 1.78 bits per heavy atom. The van der Waals surface area contributed by atoms with Gasteiger partial charge < -0.3 is 24.1 Å². The molecule has 1 N–H and O–H groups in total. The molecule has 32 heavy (non-hydrogen) atoms. The lowest BCUT2D eigenvalue weighted by atomic mass is 9.88. The molecule has 1 amide bonds. The van der Waals surface area contributed by atoms with E-state index in [2.05, 4.69) is 11.9 Å². The Bertz CT molecular complexity index is 974. The summed E-state index contributed by atoms with van der Waals surface area (Å²) in [6.45, 7) is 2.79. The zero-order chi connectivity index (χ0) is 23.5. The van der Waals surface area contributed by atoms with E-state index in [0.717, 1.165) is 31.3 Å². The molecule has 1 spiro atoms. The lowest BCUT2D eigenvalue weighted by Crippen LogP contribution is -2.42. The minimum atomic E-state index is -5.08. The molecule has 2 fully saturated rings. The molecule has 1 aromatic heterocycles. The van der Waals surface area contributed by atoms with Crippen molar-refractivity contribution in [3.8, 4) is 5.75 Å². The number of benzene rings is 1. The van der Waals surface area contributed by atoms with Crippen molar-refractivity contribution in [1.82, 2.24) is 9.80 Å². The van der Waals surface area contributed by atoms with Gasteiger partial charge in [0, 0.05) is 24.0 Å². The predicted octanol–water partition coefficient (Wildman–Crippen LogP) is 4.17. The van der Waals surface area contributed by atoms with Crippen LogP contribution in [-0.2, 0) is 4.79 Å². The summed E-state index contributed by atoms with van der Waals surface area (Å²) in [6.07, 6.45) is 0.737. The number of rotatable bonds is 2. The second kappa shape index (κ2) is 9.40. The summed E-state index contributed by atoms with van der Waals surface area (Å²) in [6, 6.07) is 7.55. The van der Waals surface area contributed by atoms with Crippen LogP contribution in [0.2, 0.25) is 0 Å². The average Bonchev–Trinajstić information content (AvgIpc) is 3.26. The molecule has 2 aromatic rings. The van der Waals surface area contributed by atoms with Crippen LogP contribution in [0.4, 0.5) is 13.2 Å². The maximum absolute atomic E-state index is 13.0. The quantitative estimate of drug-likeness (QED) is 0.731. The van der Waals surface area contributed by atoms with Gasteiger partial charge in [0.2, 0.25) is 0 Å². The standard InChI is InChI=1S/C20H26N2O3.C2HF3O2/c1-21-11-4-8-20(21)9-5-12-22(13-10-20)19(23)17-14-15-6-3-7-16(24-2)18(15)25-17;3-2(4,5)1(6)7/h3,6-7,14H,4-5,8-13H2,1-2H3;(H,6,7). The molecule has 0 aliphatic carbocycles. The minimum Gasteiger partial charge on any atom is -0.493 e. The lowest BCUT2D eigenvalue weighted by molar-refractivity contribution is -0.192. The van der Waals surface area contributed by atoms with Crippen molar-refractivity contribution in [2.75, 3.05) is 33.8 Å². The van der Waals surface area contributed by atoms with E-state index in [1.807, 2.05) is 29.2 Å². The number of furan rings is 1. The fraction of sp³-hybridized carbons (Fsp3) is 0.545. The molecule has 0 saturated carbocycles. The first kappa shape index (κ1) is 23.9. The molecule has 7 nitrogen and oxygen atoms in total. The van der Waals surface area contributed by atoms with Gasteiger partial charge in [-0.25, -0.2) is 4.79 Å². The van der Waals surface area contributed by atoms with E-state index >= 15 is 0 Å². The molecule has 4 rings (SSSR count). The van der Waals surface area contributed by atoms with Crippen molar-refractivity contribution in [2.45, 2.75) is 43.8 Å². The number of likely N-dealkylation sites (tertiary alicyclic amines) is 2. The number of carboxylic acids is 1. The smallest absolute Gasteiger partial charge is 0.490 e. The number of amides is 1. The third-order valence-corrected chi connectivity index (χ3v) is 6.33. The Hall–Kier alpha value is -2.75. The maximum atomic E-state index is 13.0. The number of hydrogen-bond donors (Lipinski definition) is 1. The molecule has 10 heteroatoms. The van der Waals surface area contributed by atoms with E-state index in [1.54, 1.807) is 7.11 Å². The van der Waals surface area contributed by atoms with Gasteiger partial charge in [-0.1, -0.05) is 12.1 Å². The maximum Gasteiger partial charge on any atom is 0.490 e. The van der Waals surface area contributed by atoms with E-state index in [9.17, 15) is 18.0 Å². The number of nitrogens with zero attached hydrogens (tertiary/aromatic N) is 2. The van der Waals surface area contributed by atoms with Crippen LogP contribution >= 0.6 is 0 Å². The van der Waals surface area contributed by atoms with Gasteiger partial charge in [-0.2, -0.15) is 13.2 Å². The van der Waals surface area contributed by atoms with Gasteiger partial charge in [-0.15, -0.1) is 0 Å². The Labute approximate surface area is 183 Å². The summed E-state index contributed by atoms with van der Waals surface area (Å²) in [5, 5.41) is 8.03. The van der Waals surface area contributed by atoms with Gasteiger partial charge in [-0.3, -0.25) is 4.79 Å². The first-order valence-electron chi connectivity index (χ1n) is 10.4. The molecule has 2 saturated heterocycles. The summed E-state index contributed by atoms with van der Waals surface area (Å²) >= 11 is 0. The first-order chi connectivity index (χ1) is 15.1. The molecule has 0 radical (unpaired) electrons. The second-order valence-corrected chi connectivity index (χ2v) is 8.19. The van der Waals surface area contributed by atoms with E-state index in [0.29, 0.717) is 22.6 Å². The van der Waals surface area contributed by atoms with Crippen molar-refractivity contribution in [3.63, 3.8) is 0 Å². The van der Waals surface area contributed by atoms with Gasteiger partial charge in [0.25, 0.3) is 5.91 Å². The molecule has 3 heterocycles. The number of carbonyl (C=O) groups is 2. The van der Waals surface area contributed by atoms with Crippen molar-refractivity contribution in [1.29, 1.82) is 0 Å². The number of carbonyl (C=O) groups excluding carboxylic acids is 1. The zero-order valence-corrected chi connectivity index (χ0v) is 18.1. The highest BCUT2D eigenvalue weighted by Gasteiger charge is 2.40. The largest absolute Gasteiger partial charge is 0.493 e. The van der Waals surface area contributed by atoms with Crippen LogP contribution in [0.1, 0.15) is 42.7 Å². The van der Waals surface area contributed by atoms with Crippen molar-refractivity contribution >= 4 is 22.8 Å². The molecule has 1 aromatic carbocycles. The van der Waals surface area contributed by atoms with Crippen LogP contribution in [0.5, 0.6) is 5.75 Å². The second-order valence-electron chi connectivity index (χ2n) is 8.19. The SMILES string of the molecule is COc1cccc2cc(C(=O)N3CCCC4(CCCN4C)CC3)oc12.O=C(O)C(F)(F)F. The van der Waals surface area contributed by atoms with E-state index in [-0.39, 0.29) is 5.91 Å². The molecular weight excluding hydrogens is 429 g/mol. The topological polar surface area (TPSA) is 83.2 Å². The Kier molecular flexibility index (Phi) is 7.02. The minimum absolute atomic E-state index is 0.00375.